The van der Waals surface area contributed by atoms with Crippen molar-refractivity contribution in [1.82, 2.24) is 9.80 Å². The first-order valence-electron chi connectivity index (χ1n) is 8.96. The van der Waals surface area contributed by atoms with Gasteiger partial charge in [-0.05, 0) is 37.8 Å². The van der Waals surface area contributed by atoms with Crippen LogP contribution in [0.1, 0.15) is 31.7 Å². The number of rotatable bonds is 4. The Bertz CT molecular complexity index is 519. The van der Waals surface area contributed by atoms with Crippen molar-refractivity contribution in [2.75, 3.05) is 26.2 Å². The Morgan fingerprint density at radius 3 is 2.70 bits per heavy atom. The van der Waals surface area contributed by atoms with Crippen LogP contribution in [0.15, 0.2) is 30.3 Å². The summed E-state index contributed by atoms with van der Waals surface area (Å²) in [7, 11) is 0. The molecule has 0 aromatic heterocycles. The number of hydrogen-bond acceptors (Lipinski definition) is 3. The zero-order valence-corrected chi connectivity index (χ0v) is 14.2. The Morgan fingerprint density at radius 1 is 1.22 bits per heavy atom. The number of benzene rings is 1. The molecule has 1 unspecified atom stereocenters. The van der Waals surface area contributed by atoms with Crippen molar-refractivity contribution in [3.05, 3.63) is 35.9 Å². The maximum atomic E-state index is 12.9. The van der Waals surface area contributed by atoms with Gasteiger partial charge >= 0.3 is 0 Å². The molecule has 1 aliphatic carbocycles. The van der Waals surface area contributed by atoms with Crippen LogP contribution in [0, 0.1) is 11.8 Å². The van der Waals surface area contributed by atoms with E-state index in [2.05, 4.69) is 47.1 Å². The number of hydrogen-bond donors (Lipinski definition) is 1. The van der Waals surface area contributed by atoms with E-state index in [1.165, 1.54) is 5.56 Å². The second-order valence-electron chi connectivity index (χ2n) is 7.13. The third-order valence-corrected chi connectivity index (χ3v) is 5.52. The molecule has 126 valence electrons. The van der Waals surface area contributed by atoms with Gasteiger partial charge in [0.1, 0.15) is 0 Å². The first kappa shape index (κ1) is 16.5. The van der Waals surface area contributed by atoms with Crippen LogP contribution in [0.2, 0.25) is 0 Å². The van der Waals surface area contributed by atoms with Crippen LogP contribution in [0.3, 0.4) is 0 Å². The van der Waals surface area contributed by atoms with Crippen LogP contribution in [-0.2, 0) is 11.3 Å². The largest absolute Gasteiger partial charge is 0.337 e. The van der Waals surface area contributed by atoms with Gasteiger partial charge in [0.2, 0.25) is 5.91 Å². The zero-order chi connectivity index (χ0) is 16.2. The fraction of sp³-hybridized carbons (Fsp3) is 0.632. The van der Waals surface area contributed by atoms with E-state index < -0.39 is 0 Å². The molecule has 4 heteroatoms. The minimum Gasteiger partial charge on any atom is -0.337 e. The van der Waals surface area contributed by atoms with E-state index in [1.807, 2.05) is 0 Å². The number of carbonyl (C=O) groups excluding carboxylic acids is 1. The lowest BCUT2D eigenvalue weighted by molar-refractivity contribution is -0.141. The summed E-state index contributed by atoms with van der Waals surface area (Å²) in [5.74, 6) is 0.921. The van der Waals surface area contributed by atoms with Gasteiger partial charge in [-0.2, -0.15) is 0 Å². The molecule has 1 amide bonds. The summed E-state index contributed by atoms with van der Waals surface area (Å²) < 4.78 is 0. The monoisotopic (exact) mass is 315 g/mol. The van der Waals surface area contributed by atoms with Gasteiger partial charge in [0, 0.05) is 38.1 Å². The molecule has 1 saturated carbocycles. The molecule has 1 aromatic rings. The van der Waals surface area contributed by atoms with E-state index >= 15 is 0 Å². The Hall–Kier alpha value is -1.39. The molecule has 3 rings (SSSR count). The number of nitrogens with zero attached hydrogens (tertiary/aromatic N) is 2. The summed E-state index contributed by atoms with van der Waals surface area (Å²) in [6, 6.07) is 10.9. The van der Waals surface area contributed by atoms with Crippen LogP contribution in [-0.4, -0.2) is 47.9 Å². The molecule has 0 bridgehead atoms. The van der Waals surface area contributed by atoms with E-state index in [0.717, 1.165) is 45.4 Å². The Labute approximate surface area is 139 Å². The zero-order valence-electron chi connectivity index (χ0n) is 14.2. The van der Waals surface area contributed by atoms with Crippen LogP contribution < -0.4 is 5.73 Å². The lowest BCUT2D eigenvalue weighted by Crippen LogP contribution is -2.55. The van der Waals surface area contributed by atoms with E-state index in [1.54, 1.807) is 0 Å². The SMILES string of the molecule is CC1CN(Cc2ccccc2)CCN1C(=O)[C@@H]1CCC[C@@H]1CN. The quantitative estimate of drug-likeness (QED) is 0.925. The normalized spacial score (nSPS) is 29.0. The molecule has 2 N–H and O–H groups in total. The summed E-state index contributed by atoms with van der Waals surface area (Å²) in [4.78, 5) is 17.5. The lowest BCUT2D eigenvalue weighted by atomic mass is 9.93. The molecule has 1 aromatic carbocycles. The number of amides is 1. The second kappa shape index (κ2) is 7.45. The van der Waals surface area contributed by atoms with E-state index in [0.29, 0.717) is 24.4 Å². The van der Waals surface area contributed by atoms with Gasteiger partial charge in [-0.25, -0.2) is 0 Å². The molecule has 2 fully saturated rings. The maximum Gasteiger partial charge on any atom is 0.226 e. The summed E-state index contributed by atoms with van der Waals surface area (Å²) in [5.41, 5.74) is 7.20. The summed E-state index contributed by atoms with van der Waals surface area (Å²) >= 11 is 0. The standard InChI is InChI=1S/C19H29N3O/c1-15-13-21(14-16-6-3-2-4-7-16)10-11-22(15)19(23)18-9-5-8-17(18)12-20/h2-4,6-7,15,17-18H,5,8-14,20H2,1H3/t15?,17-,18-/m1/s1. The van der Waals surface area contributed by atoms with Gasteiger partial charge in [0.15, 0.2) is 0 Å². The lowest BCUT2D eigenvalue weighted by Gasteiger charge is -2.41. The molecule has 0 radical (unpaired) electrons. The highest BCUT2D eigenvalue weighted by atomic mass is 16.2. The Morgan fingerprint density at radius 2 is 2.00 bits per heavy atom. The topological polar surface area (TPSA) is 49.6 Å². The third-order valence-electron chi connectivity index (χ3n) is 5.52. The molecule has 1 heterocycles. The van der Waals surface area contributed by atoms with E-state index in [4.69, 9.17) is 5.73 Å². The molecular formula is C19H29N3O. The van der Waals surface area contributed by atoms with E-state index in [-0.39, 0.29) is 5.92 Å². The van der Waals surface area contributed by atoms with E-state index in [9.17, 15) is 4.79 Å². The highest BCUT2D eigenvalue weighted by Crippen LogP contribution is 2.33. The van der Waals surface area contributed by atoms with Gasteiger partial charge in [0.25, 0.3) is 0 Å². The molecule has 0 spiro atoms. The highest BCUT2D eigenvalue weighted by molar-refractivity contribution is 5.80. The third kappa shape index (κ3) is 3.75. The van der Waals surface area contributed by atoms with Crippen molar-refractivity contribution in [2.45, 2.75) is 38.8 Å². The van der Waals surface area contributed by atoms with Crippen molar-refractivity contribution in [3.63, 3.8) is 0 Å². The van der Waals surface area contributed by atoms with Gasteiger partial charge in [-0.1, -0.05) is 36.8 Å². The first-order chi connectivity index (χ1) is 11.2. The summed E-state index contributed by atoms with van der Waals surface area (Å²) in [6.45, 7) is 6.58. The minimum atomic E-state index is 0.170. The van der Waals surface area contributed by atoms with Crippen molar-refractivity contribution in [1.29, 1.82) is 0 Å². The first-order valence-corrected chi connectivity index (χ1v) is 8.96. The van der Waals surface area contributed by atoms with Gasteiger partial charge in [-0.15, -0.1) is 0 Å². The average molecular weight is 315 g/mol. The summed E-state index contributed by atoms with van der Waals surface area (Å²) in [5, 5.41) is 0. The number of nitrogens with two attached hydrogens (primary N) is 1. The predicted molar refractivity (Wildman–Crippen MR) is 92.8 cm³/mol. The second-order valence-corrected chi connectivity index (χ2v) is 7.13. The van der Waals surface area contributed by atoms with Crippen LogP contribution in [0.4, 0.5) is 0 Å². The Kier molecular flexibility index (Phi) is 5.34. The minimum absolute atomic E-state index is 0.170. The number of piperazine rings is 1. The molecule has 3 atom stereocenters. The van der Waals surface area contributed by atoms with Crippen molar-refractivity contribution >= 4 is 5.91 Å². The van der Waals surface area contributed by atoms with Crippen molar-refractivity contribution in [3.8, 4) is 0 Å². The van der Waals surface area contributed by atoms with Gasteiger partial charge in [-0.3, -0.25) is 9.69 Å². The molecular weight excluding hydrogens is 286 g/mol. The number of carbonyl (C=O) groups is 1. The smallest absolute Gasteiger partial charge is 0.226 e. The van der Waals surface area contributed by atoms with Crippen molar-refractivity contribution in [2.24, 2.45) is 17.6 Å². The molecule has 23 heavy (non-hydrogen) atoms. The fourth-order valence-electron chi connectivity index (χ4n) is 4.20. The van der Waals surface area contributed by atoms with Crippen LogP contribution >= 0.6 is 0 Å². The Balaban J connectivity index is 1.57. The molecule has 1 saturated heterocycles. The molecule has 2 aliphatic rings. The van der Waals surface area contributed by atoms with Gasteiger partial charge < -0.3 is 10.6 Å². The van der Waals surface area contributed by atoms with Crippen molar-refractivity contribution < 1.29 is 4.79 Å². The highest BCUT2D eigenvalue weighted by Gasteiger charge is 2.37. The summed E-state index contributed by atoms with van der Waals surface area (Å²) in [6.07, 6.45) is 3.30. The molecule has 1 aliphatic heterocycles. The van der Waals surface area contributed by atoms with Crippen LogP contribution in [0.5, 0.6) is 0 Å². The fourth-order valence-corrected chi connectivity index (χ4v) is 4.20. The maximum absolute atomic E-state index is 12.9. The average Bonchev–Trinajstić information content (AvgIpc) is 3.04. The van der Waals surface area contributed by atoms with Gasteiger partial charge in [0.05, 0.1) is 0 Å². The molecule has 4 nitrogen and oxygen atoms in total. The predicted octanol–water partition coefficient (Wildman–Crippen LogP) is 2.09. The van der Waals surface area contributed by atoms with Crippen LogP contribution in [0.25, 0.3) is 0 Å².